The summed E-state index contributed by atoms with van der Waals surface area (Å²) in [5.74, 6) is -0.900. The highest BCUT2D eigenvalue weighted by atomic mass is 32.2. The van der Waals surface area contributed by atoms with Gasteiger partial charge in [-0.2, -0.15) is 10.2 Å². The van der Waals surface area contributed by atoms with Crippen LogP contribution in [0.2, 0.25) is 0 Å². The van der Waals surface area contributed by atoms with Gasteiger partial charge in [0.1, 0.15) is 17.1 Å². The summed E-state index contributed by atoms with van der Waals surface area (Å²) in [6.07, 6.45) is 0. The number of phenolic OH excluding ortho intramolecular Hbond substituents is 2. The number of nitrogens with one attached hydrogen (secondary N) is 1. The van der Waals surface area contributed by atoms with Crippen LogP contribution in [-0.2, 0) is 18.7 Å². The number of aromatic hydroxyl groups is 2. The predicted octanol–water partition coefficient (Wildman–Crippen LogP) is 9.08. The molecule has 1 amide bonds. The molecule has 5 aromatic carbocycles. The van der Waals surface area contributed by atoms with Crippen molar-refractivity contribution in [3.05, 3.63) is 96.1 Å². The van der Waals surface area contributed by atoms with Crippen LogP contribution in [0.25, 0.3) is 10.8 Å². The van der Waals surface area contributed by atoms with Crippen LogP contribution in [0.4, 0.5) is 34.1 Å². The van der Waals surface area contributed by atoms with Gasteiger partial charge in [0.2, 0.25) is 0 Å². The van der Waals surface area contributed by atoms with E-state index >= 15 is 0 Å². The summed E-state index contributed by atoms with van der Waals surface area (Å²) in [5, 5.41) is 66.4. The molecule has 5 aromatic rings. The molecule has 0 aliphatic rings. The summed E-state index contributed by atoms with van der Waals surface area (Å²) in [4.78, 5) is 13.5. The average Bonchev–Trinajstić information content (AvgIpc) is 3.07. The van der Waals surface area contributed by atoms with Crippen molar-refractivity contribution in [2.24, 2.45) is 20.5 Å². The van der Waals surface area contributed by atoms with Crippen LogP contribution in [0.1, 0.15) is 15.9 Å². The number of phenols is 2. The maximum Gasteiger partial charge on any atom is 0.255 e. The normalized spacial score (nSPS) is 11.6. The number of hydrogen-bond acceptors (Lipinski definition) is 16. The first-order chi connectivity index (χ1) is 22.7. The lowest BCUT2D eigenvalue weighted by Gasteiger charge is -2.11. The van der Waals surface area contributed by atoms with Crippen molar-refractivity contribution in [1.82, 2.24) is 0 Å². The molecule has 7 N–H and O–H groups in total. The number of amides is 1. The molecule has 0 aliphatic heterocycles. The third-order valence-electron chi connectivity index (χ3n) is 6.46. The van der Waals surface area contributed by atoms with Crippen molar-refractivity contribution >= 4 is 74.9 Å². The number of carbonyl (C=O) groups excluding carboxylic acids is 1. The van der Waals surface area contributed by atoms with E-state index in [4.69, 9.17) is 16.2 Å². The molecule has 47 heavy (non-hydrogen) atoms. The Morgan fingerprint density at radius 2 is 1.49 bits per heavy atom. The van der Waals surface area contributed by atoms with Gasteiger partial charge in [-0.25, -0.2) is 10.5 Å². The summed E-state index contributed by atoms with van der Waals surface area (Å²) in [6.45, 7) is 1.74. The molecule has 0 spiro atoms. The summed E-state index contributed by atoms with van der Waals surface area (Å²) >= 11 is 1.35. The van der Waals surface area contributed by atoms with E-state index in [1.807, 2.05) is 0 Å². The van der Waals surface area contributed by atoms with Crippen molar-refractivity contribution in [1.29, 1.82) is 0 Å². The highest BCUT2D eigenvalue weighted by Gasteiger charge is 2.17. The Bertz CT molecular complexity index is 1960. The quantitative estimate of drug-likeness (QED) is 0.0239. The minimum Gasteiger partial charge on any atom is -0.506 e. The first kappa shape index (κ1) is 33.3. The van der Waals surface area contributed by atoms with Crippen LogP contribution >= 0.6 is 24.1 Å². The number of benzene rings is 5. The number of hydrogen-bond donors (Lipinski definition) is 6. The molecule has 15 nitrogen and oxygen atoms in total. The lowest BCUT2D eigenvalue weighted by atomic mass is 10.1. The Balaban J connectivity index is 1.39. The monoisotopic (exact) mass is 676 g/mol. The molecule has 0 unspecified atom stereocenters. The third kappa shape index (κ3) is 8.38. The van der Waals surface area contributed by atoms with Crippen LogP contribution in [0, 0.1) is 6.92 Å². The Morgan fingerprint density at radius 3 is 2.21 bits per heavy atom. The lowest BCUT2D eigenvalue weighted by molar-refractivity contribution is -0.432. The first-order valence-corrected chi connectivity index (χ1v) is 14.8. The minimum absolute atomic E-state index is 0.0448. The molecule has 0 atom stereocenters. The van der Waals surface area contributed by atoms with E-state index in [0.717, 1.165) is 12.0 Å². The van der Waals surface area contributed by atoms with E-state index in [0.29, 0.717) is 61.6 Å². The minimum atomic E-state index is -0.359. The maximum absolute atomic E-state index is 12.7. The fourth-order valence-electron chi connectivity index (χ4n) is 4.18. The van der Waals surface area contributed by atoms with Gasteiger partial charge >= 0.3 is 0 Å². The number of nitrogen functional groups attached to an aromatic ring is 1. The zero-order chi connectivity index (χ0) is 33.3. The van der Waals surface area contributed by atoms with Crippen molar-refractivity contribution in [3.63, 3.8) is 0 Å². The number of nitrogens with zero attached hydrogens (tertiary/aromatic N) is 4. The summed E-state index contributed by atoms with van der Waals surface area (Å²) in [6, 6.07) is 22.4. The van der Waals surface area contributed by atoms with Gasteiger partial charge in [0.05, 0.1) is 40.4 Å². The average molecular weight is 677 g/mol. The fraction of sp³-hybridized carbons (Fsp3) is 0.0333. The molecule has 0 bridgehead atoms. The maximum atomic E-state index is 12.7. The largest absolute Gasteiger partial charge is 0.506 e. The second kappa shape index (κ2) is 15.5. The summed E-state index contributed by atoms with van der Waals surface area (Å²) in [5.41, 5.74) is 8.61. The molecule has 0 aromatic heterocycles. The van der Waals surface area contributed by atoms with E-state index in [1.165, 1.54) is 12.1 Å². The fourth-order valence-corrected chi connectivity index (χ4v) is 5.03. The van der Waals surface area contributed by atoms with Gasteiger partial charge in [-0.05, 0) is 96.7 Å². The van der Waals surface area contributed by atoms with Crippen molar-refractivity contribution < 1.29 is 44.3 Å². The van der Waals surface area contributed by atoms with Crippen LogP contribution in [-0.4, -0.2) is 26.6 Å². The molecule has 17 heteroatoms. The van der Waals surface area contributed by atoms with Crippen molar-refractivity contribution in [2.45, 2.75) is 16.7 Å². The molecular formula is C30H24N6O9S2. The third-order valence-corrected chi connectivity index (χ3v) is 7.67. The predicted molar refractivity (Wildman–Crippen MR) is 173 cm³/mol. The number of fused-ring (bicyclic) bond motifs is 1. The van der Waals surface area contributed by atoms with Gasteiger partial charge < -0.3 is 21.3 Å². The Morgan fingerprint density at radius 1 is 0.787 bits per heavy atom. The topological polar surface area (TPSA) is 222 Å². The smallest absolute Gasteiger partial charge is 0.255 e. The van der Waals surface area contributed by atoms with Crippen molar-refractivity contribution in [3.8, 4) is 11.5 Å². The molecule has 0 saturated carbocycles. The standard InChI is InChI=1S/C30H24N6O9S2/c1-16-12-25(26(37)15-24(16)34-33-20-6-9-22(10-7-20)46-44-42-40)35-36-28-27(47-45-43-41)14-18-13-21(8-11-23(18)29(28)38)32-30(39)17-2-4-19(31)5-3-17/h2-15,37-38,40-41H,31H2,1H3,(H,32,39). The Kier molecular flexibility index (Phi) is 10.9. The van der Waals surface area contributed by atoms with E-state index in [9.17, 15) is 15.0 Å². The Labute approximate surface area is 274 Å². The zero-order valence-corrected chi connectivity index (χ0v) is 25.7. The highest BCUT2D eigenvalue weighted by molar-refractivity contribution is 7.94. The second-order valence-electron chi connectivity index (χ2n) is 9.56. The van der Waals surface area contributed by atoms with Crippen LogP contribution < -0.4 is 11.1 Å². The van der Waals surface area contributed by atoms with Gasteiger partial charge in [-0.1, -0.05) is 10.1 Å². The van der Waals surface area contributed by atoms with E-state index in [1.54, 1.807) is 79.7 Å². The number of nitrogens with two attached hydrogens (primary N) is 1. The number of rotatable bonds is 12. The Hall–Kier alpha value is -5.11. The summed E-state index contributed by atoms with van der Waals surface area (Å²) in [7, 11) is 0. The second-order valence-corrected chi connectivity index (χ2v) is 11.1. The number of carbonyl (C=O) groups is 1. The zero-order valence-electron chi connectivity index (χ0n) is 24.1. The molecular weight excluding hydrogens is 652 g/mol. The molecule has 0 fully saturated rings. The van der Waals surface area contributed by atoms with Gasteiger partial charge in [0, 0.05) is 33.3 Å². The van der Waals surface area contributed by atoms with Gasteiger partial charge in [-0.3, -0.25) is 4.79 Å². The van der Waals surface area contributed by atoms with Crippen molar-refractivity contribution in [2.75, 3.05) is 11.1 Å². The van der Waals surface area contributed by atoms with Gasteiger partial charge in [0.15, 0.2) is 5.75 Å². The highest BCUT2D eigenvalue weighted by Crippen LogP contribution is 2.45. The van der Waals surface area contributed by atoms with E-state index < -0.39 is 0 Å². The number of azo groups is 2. The molecule has 240 valence electrons. The summed E-state index contributed by atoms with van der Waals surface area (Å²) < 4.78 is 8.99. The van der Waals surface area contributed by atoms with Crippen LogP contribution in [0.3, 0.4) is 0 Å². The lowest BCUT2D eigenvalue weighted by Crippen LogP contribution is -2.11. The van der Waals surface area contributed by atoms with Crippen LogP contribution in [0.5, 0.6) is 11.5 Å². The van der Waals surface area contributed by atoms with Gasteiger partial charge in [0.25, 0.3) is 5.91 Å². The SMILES string of the molecule is Cc1cc(N=Nc2c(SOOO)cc3cc(NC(=O)c4ccc(N)cc4)ccc3c2O)c(O)cc1N=Nc1ccc(SOOO)cc1. The van der Waals surface area contributed by atoms with Gasteiger partial charge in [-0.15, -0.1) is 18.9 Å². The molecule has 0 heterocycles. The number of anilines is 2. The van der Waals surface area contributed by atoms with Crippen LogP contribution in [0.15, 0.2) is 115 Å². The van der Waals surface area contributed by atoms with E-state index in [2.05, 4.69) is 44.5 Å². The molecule has 0 aliphatic carbocycles. The molecule has 0 radical (unpaired) electrons. The number of aryl methyl sites for hydroxylation is 1. The first-order valence-electron chi connectivity index (χ1n) is 13.3. The molecule has 0 saturated heterocycles. The van der Waals surface area contributed by atoms with E-state index in [-0.39, 0.29) is 33.7 Å². The molecule has 5 rings (SSSR count).